The summed E-state index contributed by atoms with van der Waals surface area (Å²) in [6, 6.07) is 0. The molecule has 1 amide bonds. The highest BCUT2D eigenvalue weighted by Gasteiger charge is 2.31. The first-order chi connectivity index (χ1) is 9.53. The van der Waals surface area contributed by atoms with E-state index in [2.05, 4.69) is 10.2 Å². The van der Waals surface area contributed by atoms with E-state index in [1.165, 1.54) is 38.8 Å². The first kappa shape index (κ1) is 15.8. The van der Waals surface area contributed by atoms with Crippen molar-refractivity contribution in [1.29, 1.82) is 0 Å². The molecule has 0 aromatic rings. The van der Waals surface area contributed by atoms with E-state index in [1.807, 2.05) is 13.8 Å². The Balaban J connectivity index is 1.73. The number of nitrogens with one attached hydrogen (secondary N) is 1. The van der Waals surface area contributed by atoms with Gasteiger partial charge in [-0.25, -0.2) is 0 Å². The number of amides is 1. The zero-order valence-electron chi connectivity index (χ0n) is 13.2. The Morgan fingerprint density at radius 2 is 1.80 bits per heavy atom. The Bertz CT molecular complexity index is 312. The molecule has 2 saturated carbocycles. The number of primary amides is 1. The van der Waals surface area contributed by atoms with E-state index in [0.717, 1.165) is 37.8 Å². The maximum atomic E-state index is 11.6. The van der Waals surface area contributed by atoms with Crippen molar-refractivity contribution in [2.24, 2.45) is 17.6 Å². The topological polar surface area (TPSA) is 58.4 Å². The maximum absolute atomic E-state index is 11.6. The second-order valence-corrected chi connectivity index (χ2v) is 6.98. The van der Waals surface area contributed by atoms with Crippen molar-refractivity contribution in [2.75, 3.05) is 26.2 Å². The fraction of sp³-hybridized carbons (Fsp3) is 0.938. The molecule has 1 atom stereocenters. The van der Waals surface area contributed by atoms with E-state index in [1.54, 1.807) is 0 Å². The van der Waals surface area contributed by atoms with Gasteiger partial charge in [-0.05, 0) is 70.4 Å². The molecule has 0 spiro atoms. The van der Waals surface area contributed by atoms with Crippen LogP contribution in [-0.4, -0.2) is 42.5 Å². The lowest BCUT2D eigenvalue weighted by molar-refractivity contribution is -0.124. The van der Waals surface area contributed by atoms with Gasteiger partial charge in [-0.15, -0.1) is 0 Å². The SMILES string of the molecule is CCNC(C)(CCCN(CC1CC1)CC1CC1)C(N)=O. The van der Waals surface area contributed by atoms with Crippen molar-refractivity contribution < 1.29 is 4.79 Å². The first-order valence-electron chi connectivity index (χ1n) is 8.31. The molecule has 2 aliphatic rings. The van der Waals surface area contributed by atoms with Crippen LogP contribution in [0.1, 0.15) is 52.4 Å². The normalized spacial score (nSPS) is 21.9. The smallest absolute Gasteiger partial charge is 0.237 e. The molecule has 0 aromatic carbocycles. The molecule has 3 N–H and O–H groups in total. The summed E-state index contributed by atoms with van der Waals surface area (Å²) in [7, 11) is 0. The van der Waals surface area contributed by atoms with Crippen molar-refractivity contribution in [2.45, 2.75) is 57.9 Å². The maximum Gasteiger partial charge on any atom is 0.237 e. The predicted molar refractivity (Wildman–Crippen MR) is 82.4 cm³/mol. The highest BCUT2D eigenvalue weighted by atomic mass is 16.1. The van der Waals surface area contributed by atoms with Crippen molar-refractivity contribution in [1.82, 2.24) is 10.2 Å². The molecule has 2 fully saturated rings. The minimum atomic E-state index is -0.542. The number of hydrogen-bond acceptors (Lipinski definition) is 3. The van der Waals surface area contributed by atoms with Crippen LogP contribution in [0.5, 0.6) is 0 Å². The minimum Gasteiger partial charge on any atom is -0.368 e. The van der Waals surface area contributed by atoms with Crippen LogP contribution in [0.15, 0.2) is 0 Å². The molecule has 4 nitrogen and oxygen atoms in total. The van der Waals surface area contributed by atoms with E-state index < -0.39 is 5.54 Å². The van der Waals surface area contributed by atoms with Gasteiger partial charge in [0, 0.05) is 13.1 Å². The molecule has 2 rings (SSSR count). The lowest BCUT2D eigenvalue weighted by Crippen LogP contribution is -2.53. The molecule has 2 aliphatic carbocycles. The zero-order chi connectivity index (χ0) is 14.6. The minimum absolute atomic E-state index is 0.227. The van der Waals surface area contributed by atoms with Crippen LogP contribution in [0.4, 0.5) is 0 Å². The van der Waals surface area contributed by atoms with Crippen molar-refractivity contribution >= 4 is 5.91 Å². The van der Waals surface area contributed by atoms with Gasteiger partial charge in [0.2, 0.25) is 5.91 Å². The summed E-state index contributed by atoms with van der Waals surface area (Å²) in [5.74, 6) is 1.67. The third-order valence-electron chi connectivity index (χ3n) is 4.69. The molecule has 0 saturated heterocycles. The van der Waals surface area contributed by atoms with Gasteiger partial charge in [-0.2, -0.15) is 0 Å². The summed E-state index contributed by atoms with van der Waals surface area (Å²) in [5.41, 5.74) is 5.00. The molecule has 1 unspecified atom stereocenters. The number of carbonyl (C=O) groups is 1. The average molecular weight is 281 g/mol. The average Bonchev–Trinajstić information content (AvgIpc) is 3.25. The molecule has 0 aromatic heterocycles. The number of nitrogens with zero attached hydrogens (tertiary/aromatic N) is 1. The largest absolute Gasteiger partial charge is 0.368 e. The Morgan fingerprint density at radius 1 is 1.25 bits per heavy atom. The Kier molecular flexibility index (Phi) is 5.44. The summed E-state index contributed by atoms with van der Waals surface area (Å²) >= 11 is 0. The number of carbonyl (C=O) groups excluding carboxylic acids is 1. The zero-order valence-corrected chi connectivity index (χ0v) is 13.2. The summed E-state index contributed by atoms with van der Waals surface area (Å²) < 4.78 is 0. The van der Waals surface area contributed by atoms with E-state index in [9.17, 15) is 4.79 Å². The monoisotopic (exact) mass is 281 g/mol. The van der Waals surface area contributed by atoms with Crippen LogP contribution in [0.3, 0.4) is 0 Å². The van der Waals surface area contributed by atoms with Gasteiger partial charge >= 0.3 is 0 Å². The van der Waals surface area contributed by atoms with Gasteiger partial charge in [-0.3, -0.25) is 4.79 Å². The fourth-order valence-electron chi connectivity index (χ4n) is 2.93. The number of rotatable bonds is 11. The lowest BCUT2D eigenvalue weighted by atomic mass is 9.94. The second kappa shape index (κ2) is 6.90. The van der Waals surface area contributed by atoms with Gasteiger partial charge in [0.15, 0.2) is 0 Å². The molecule has 0 bridgehead atoms. The van der Waals surface area contributed by atoms with Gasteiger partial charge in [0.1, 0.15) is 0 Å². The molecule has 0 radical (unpaired) electrons. The molecular weight excluding hydrogens is 250 g/mol. The molecular formula is C16H31N3O. The summed E-state index contributed by atoms with van der Waals surface area (Å²) in [4.78, 5) is 14.2. The summed E-state index contributed by atoms with van der Waals surface area (Å²) in [6.07, 6.45) is 7.54. The molecule has 0 heterocycles. The lowest BCUT2D eigenvalue weighted by Gasteiger charge is -2.29. The van der Waals surface area contributed by atoms with E-state index in [4.69, 9.17) is 5.73 Å². The third kappa shape index (κ3) is 5.06. The van der Waals surface area contributed by atoms with Gasteiger partial charge in [0.25, 0.3) is 0 Å². The Morgan fingerprint density at radius 3 is 2.20 bits per heavy atom. The van der Waals surface area contributed by atoms with Gasteiger partial charge < -0.3 is 16.0 Å². The van der Waals surface area contributed by atoms with Crippen LogP contribution in [0.25, 0.3) is 0 Å². The standard InChI is InChI=1S/C16H31N3O/c1-3-18-16(2,15(17)20)9-4-10-19(11-13-5-6-13)12-14-7-8-14/h13-14,18H,3-12H2,1-2H3,(H2,17,20). The first-order valence-corrected chi connectivity index (χ1v) is 8.31. The van der Waals surface area contributed by atoms with Crippen molar-refractivity contribution in [3.63, 3.8) is 0 Å². The van der Waals surface area contributed by atoms with Gasteiger partial charge in [-0.1, -0.05) is 6.92 Å². The predicted octanol–water partition coefficient (Wildman–Crippen LogP) is 1.74. The molecule has 4 heteroatoms. The number of likely N-dealkylation sites (N-methyl/N-ethyl adjacent to an activating group) is 1. The van der Waals surface area contributed by atoms with Crippen LogP contribution in [0, 0.1) is 11.8 Å². The van der Waals surface area contributed by atoms with E-state index >= 15 is 0 Å². The number of hydrogen-bond donors (Lipinski definition) is 2. The van der Waals surface area contributed by atoms with Crippen LogP contribution in [0.2, 0.25) is 0 Å². The van der Waals surface area contributed by atoms with Crippen molar-refractivity contribution in [3.05, 3.63) is 0 Å². The van der Waals surface area contributed by atoms with E-state index in [-0.39, 0.29) is 5.91 Å². The molecule has 0 aliphatic heterocycles. The van der Waals surface area contributed by atoms with Crippen molar-refractivity contribution in [3.8, 4) is 0 Å². The van der Waals surface area contributed by atoms with Crippen LogP contribution in [-0.2, 0) is 4.79 Å². The highest BCUT2D eigenvalue weighted by molar-refractivity contribution is 5.84. The highest BCUT2D eigenvalue weighted by Crippen LogP contribution is 2.33. The summed E-state index contributed by atoms with van der Waals surface area (Å²) in [6.45, 7) is 8.39. The molecule has 20 heavy (non-hydrogen) atoms. The van der Waals surface area contributed by atoms with Crippen LogP contribution >= 0.6 is 0 Å². The Hall–Kier alpha value is -0.610. The van der Waals surface area contributed by atoms with Gasteiger partial charge in [0.05, 0.1) is 5.54 Å². The second-order valence-electron chi connectivity index (χ2n) is 6.98. The Labute approximate surface area is 123 Å². The fourth-order valence-corrected chi connectivity index (χ4v) is 2.93. The third-order valence-corrected chi connectivity index (χ3v) is 4.69. The number of nitrogens with two attached hydrogens (primary N) is 1. The van der Waals surface area contributed by atoms with E-state index in [0.29, 0.717) is 0 Å². The summed E-state index contributed by atoms with van der Waals surface area (Å²) in [5, 5.41) is 3.25. The van der Waals surface area contributed by atoms with Crippen LogP contribution < -0.4 is 11.1 Å². The quantitative estimate of drug-likeness (QED) is 0.606. The molecule has 116 valence electrons.